The number of anilines is 1. The lowest BCUT2D eigenvalue weighted by Crippen LogP contribution is -2.40. The summed E-state index contributed by atoms with van der Waals surface area (Å²) in [6, 6.07) is 6.39. The lowest BCUT2D eigenvalue weighted by molar-refractivity contribution is -0.122. The maximum Gasteiger partial charge on any atom is 0.237 e. The van der Waals surface area contributed by atoms with Crippen LogP contribution in [0.4, 0.5) is 5.69 Å². The number of carbonyl (C=O) groups excluding carboxylic acids is 1. The first-order valence-electron chi connectivity index (χ1n) is 7.65. The molecule has 0 saturated carbocycles. The first-order valence-corrected chi connectivity index (χ1v) is 7.65. The topological polar surface area (TPSA) is 23.6 Å². The van der Waals surface area contributed by atoms with Gasteiger partial charge in [-0.15, -0.1) is 0 Å². The Morgan fingerprint density at radius 1 is 1.15 bits per heavy atom. The average Bonchev–Trinajstić information content (AvgIpc) is 2.98. The molecule has 1 amide bonds. The zero-order chi connectivity index (χ0) is 14.3. The van der Waals surface area contributed by atoms with Crippen LogP contribution in [0.2, 0.25) is 0 Å². The van der Waals surface area contributed by atoms with Gasteiger partial charge in [-0.2, -0.15) is 0 Å². The molecule has 1 saturated heterocycles. The Kier molecular flexibility index (Phi) is 3.33. The molecule has 3 nitrogen and oxygen atoms in total. The van der Waals surface area contributed by atoms with Gasteiger partial charge in [0.1, 0.15) is 0 Å². The Hall–Kier alpha value is -1.35. The smallest absolute Gasteiger partial charge is 0.237 e. The molecule has 0 spiro atoms. The van der Waals surface area contributed by atoms with Gasteiger partial charge in [0.25, 0.3) is 0 Å². The van der Waals surface area contributed by atoms with Crippen LogP contribution in [-0.4, -0.2) is 37.0 Å². The highest BCUT2D eigenvalue weighted by Gasteiger charge is 2.43. The predicted octanol–water partition coefficient (Wildman–Crippen LogP) is 2.72. The van der Waals surface area contributed by atoms with Crippen molar-refractivity contribution in [3.63, 3.8) is 0 Å². The maximum atomic E-state index is 12.7. The molecule has 2 aliphatic rings. The van der Waals surface area contributed by atoms with Gasteiger partial charge in [-0.3, -0.25) is 4.79 Å². The van der Waals surface area contributed by atoms with E-state index in [1.807, 2.05) is 18.7 Å². The van der Waals surface area contributed by atoms with Crippen LogP contribution in [0.15, 0.2) is 18.2 Å². The molecular formula is C17H24N2O. The van der Waals surface area contributed by atoms with Gasteiger partial charge in [-0.25, -0.2) is 0 Å². The first-order chi connectivity index (χ1) is 9.50. The van der Waals surface area contributed by atoms with Gasteiger partial charge in [0, 0.05) is 18.8 Å². The number of hydrogen-bond acceptors (Lipinski definition) is 2. The lowest BCUT2D eigenvalue weighted by Gasteiger charge is -2.23. The molecule has 1 aromatic carbocycles. The molecule has 0 aliphatic carbocycles. The summed E-state index contributed by atoms with van der Waals surface area (Å²) in [6.45, 7) is 10.4. The summed E-state index contributed by atoms with van der Waals surface area (Å²) in [5.41, 5.74) is 3.14. The molecule has 3 rings (SSSR count). The minimum Gasteiger partial charge on any atom is -0.310 e. The normalized spacial score (nSPS) is 21.6. The fourth-order valence-corrected chi connectivity index (χ4v) is 3.42. The Morgan fingerprint density at radius 2 is 1.85 bits per heavy atom. The highest BCUT2D eigenvalue weighted by atomic mass is 16.2. The third kappa shape index (κ3) is 2.14. The second kappa shape index (κ2) is 4.88. The van der Waals surface area contributed by atoms with E-state index in [-0.39, 0.29) is 11.3 Å². The van der Waals surface area contributed by atoms with Crippen LogP contribution in [-0.2, 0) is 10.2 Å². The van der Waals surface area contributed by atoms with Gasteiger partial charge in [0.05, 0.1) is 5.41 Å². The molecule has 1 fully saturated rings. The number of nitrogens with zero attached hydrogens (tertiary/aromatic N) is 2. The summed E-state index contributed by atoms with van der Waals surface area (Å²) in [5.74, 6) is 0.247. The van der Waals surface area contributed by atoms with E-state index in [1.54, 1.807) is 0 Å². The highest BCUT2D eigenvalue weighted by molar-refractivity contribution is 6.07. The molecule has 0 N–H and O–H groups in total. The zero-order valence-electron chi connectivity index (χ0n) is 12.8. The summed E-state index contributed by atoms with van der Waals surface area (Å²) >= 11 is 0. The van der Waals surface area contributed by atoms with Crippen molar-refractivity contribution in [2.45, 2.75) is 39.0 Å². The highest BCUT2D eigenvalue weighted by Crippen LogP contribution is 2.41. The van der Waals surface area contributed by atoms with Crippen molar-refractivity contribution >= 4 is 11.6 Å². The third-order valence-electron chi connectivity index (χ3n) is 4.73. The Morgan fingerprint density at radius 3 is 2.55 bits per heavy atom. The van der Waals surface area contributed by atoms with Crippen molar-refractivity contribution < 1.29 is 4.79 Å². The standard InChI is InChI=1S/C17H24N2O/c1-13-6-7-15-14(12-13)17(2,3)16(20)19(15)11-10-18-8-4-5-9-18/h6-7,12H,4-5,8-11H2,1-3H3. The molecule has 0 bridgehead atoms. The number of fused-ring (bicyclic) bond motifs is 1. The molecule has 0 aromatic heterocycles. The second-order valence-corrected chi connectivity index (χ2v) is 6.65. The van der Waals surface area contributed by atoms with Crippen LogP contribution in [0.1, 0.15) is 37.8 Å². The van der Waals surface area contributed by atoms with Gasteiger partial charge >= 0.3 is 0 Å². The number of aryl methyl sites for hydroxylation is 1. The maximum absolute atomic E-state index is 12.7. The Balaban J connectivity index is 1.83. The molecule has 0 unspecified atom stereocenters. The van der Waals surface area contributed by atoms with Gasteiger partial charge in [-0.1, -0.05) is 17.7 Å². The Labute approximate surface area is 121 Å². The summed E-state index contributed by atoms with van der Waals surface area (Å²) in [5, 5.41) is 0. The number of hydrogen-bond donors (Lipinski definition) is 0. The molecule has 2 heterocycles. The van der Waals surface area contributed by atoms with Gasteiger partial charge < -0.3 is 9.80 Å². The molecule has 108 valence electrons. The van der Waals surface area contributed by atoms with Crippen LogP contribution in [0, 0.1) is 6.92 Å². The zero-order valence-corrected chi connectivity index (χ0v) is 12.8. The second-order valence-electron chi connectivity index (χ2n) is 6.65. The SMILES string of the molecule is Cc1ccc2c(c1)C(C)(C)C(=O)N2CCN1CCCC1. The third-order valence-corrected chi connectivity index (χ3v) is 4.73. The molecule has 2 aliphatic heterocycles. The minimum absolute atomic E-state index is 0.247. The van der Waals surface area contributed by atoms with E-state index in [9.17, 15) is 4.79 Å². The van der Waals surface area contributed by atoms with Crippen molar-refractivity contribution in [1.29, 1.82) is 0 Å². The first kappa shape index (κ1) is 13.6. The number of likely N-dealkylation sites (tertiary alicyclic amines) is 1. The number of rotatable bonds is 3. The molecular weight excluding hydrogens is 248 g/mol. The number of amides is 1. The van der Waals surface area contributed by atoms with Crippen molar-refractivity contribution in [1.82, 2.24) is 4.90 Å². The monoisotopic (exact) mass is 272 g/mol. The Bertz CT molecular complexity index is 530. The van der Waals surface area contributed by atoms with Crippen LogP contribution >= 0.6 is 0 Å². The number of carbonyl (C=O) groups is 1. The van der Waals surface area contributed by atoms with E-state index in [0.717, 1.165) is 18.8 Å². The van der Waals surface area contributed by atoms with Crippen LogP contribution < -0.4 is 4.90 Å². The van der Waals surface area contributed by atoms with E-state index < -0.39 is 0 Å². The van der Waals surface area contributed by atoms with E-state index in [0.29, 0.717) is 0 Å². The molecule has 3 heteroatoms. The van der Waals surface area contributed by atoms with Crippen LogP contribution in [0.3, 0.4) is 0 Å². The summed E-state index contributed by atoms with van der Waals surface area (Å²) in [4.78, 5) is 17.2. The van der Waals surface area contributed by atoms with E-state index >= 15 is 0 Å². The fourth-order valence-electron chi connectivity index (χ4n) is 3.42. The molecule has 1 aromatic rings. The summed E-state index contributed by atoms with van der Waals surface area (Å²) < 4.78 is 0. The largest absolute Gasteiger partial charge is 0.310 e. The summed E-state index contributed by atoms with van der Waals surface area (Å²) in [6.07, 6.45) is 2.60. The fraction of sp³-hybridized carbons (Fsp3) is 0.588. The number of benzene rings is 1. The minimum atomic E-state index is -0.383. The van der Waals surface area contributed by atoms with Crippen molar-refractivity contribution in [3.05, 3.63) is 29.3 Å². The lowest BCUT2D eigenvalue weighted by atomic mass is 9.85. The summed E-state index contributed by atoms with van der Waals surface area (Å²) in [7, 11) is 0. The van der Waals surface area contributed by atoms with Gasteiger partial charge in [0.15, 0.2) is 0 Å². The predicted molar refractivity (Wildman–Crippen MR) is 82.2 cm³/mol. The average molecular weight is 272 g/mol. The van der Waals surface area contributed by atoms with Crippen molar-refractivity contribution in [2.75, 3.05) is 31.1 Å². The molecule has 20 heavy (non-hydrogen) atoms. The van der Waals surface area contributed by atoms with E-state index in [2.05, 4.69) is 30.0 Å². The van der Waals surface area contributed by atoms with Gasteiger partial charge in [-0.05, 0) is 58.3 Å². The van der Waals surface area contributed by atoms with Crippen molar-refractivity contribution in [3.8, 4) is 0 Å². The quantitative estimate of drug-likeness (QED) is 0.844. The van der Waals surface area contributed by atoms with Crippen LogP contribution in [0.25, 0.3) is 0 Å². The molecule has 0 radical (unpaired) electrons. The van der Waals surface area contributed by atoms with Crippen LogP contribution in [0.5, 0.6) is 0 Å². The van der Waals surface area contributed by atoms with E-state index in [4.69, 9.17) is 0 Å². The van der Waals surface area contributed by atoms with Gasteiger partial charge in [0.2, 0.25) is 5.91 Å². The van der Waals surface area contributed by atoms with Crippen molar-refractivity contribution in [2.24, 2.45) is 0 Å². The van der Waals surface area contributed by atoms with E-state index in [1.165, 1.54) is 37.1 Å². The molecule has 0 atom stereocenters.